The van der Waals surface area contributed by atoms with Crippen molar-refractivity contribution in [3.8, 4) is 11.4 Å². The van der Waals surface area contributed by atoms with Crippen LogP contribution in [0, 0.1) is 0 Å². The molecule has 0 radical (unpaired) electrons. The highest BCUT2D eigenvalue weighted by molar-refractivity contribution is 7.14. The molecule has 1 saturated carbocycles. The van der Waals surface area contributed by atoms with Crippen LogP contribution in [-0.4, -0.2) is 47.2 Å². The number of carbonyl (C=O) groups is 2. The number of thiazole rings is 1. The minimum atomic E-state index is -0.352. The number of hydrogen-bond donors (Lipinski definition) is 3. The summed E-state index contributed by atoms with van der Waals surface area (Å²) in [5.41, 5.74) is 1.85. The Labute approximate surface area is 148 Å². The van der Waals surface area contributed by atoms with Gasteiger partial charge >= 0.3 is 0 Å². The van der Waals surface area contributed by atoms with E-state index in [9.17, 15) is 9.59 Å². The summed E-state index contributed by atoms with van der Waals surface area (Å²) in [7, 11) is 0. The Morgan fingerprint density at radius 1 is 1.28 bits per heavy atom. The van der Waals surface area contributed by atoms with Crippen molar-refractivity contribution in [2.45, 2.75) is 24.9 Å². The molecule has 2 fully saturated rings. The number of pyridine rings is 1. The van der Waals surface area contributed by atoms with Crippen LogP contribution < -0.4 is 16.0 Å². The van der Waals surface area contributed by atoms with Gasteiger partial charge in [0.15, 0.2) is 5.13 Å². The zero-order chi connectivity index (χ0) is 17.2. The summed E-state index contributed by atoms with van der Waals surface area (Å²) < 4.78 is 5.12. The predicted molar refractivity (Wildman–Crippen MR) is 92.2 cm³/mol. The summed E-state index contributed by atoms with van der Waals surface area (Å²) in [6, 6.07) is 3.46. The Kier molecular flexibility index (Phi) is 4.43. The third-order valence-electron chi connectivity index (χ3n) is 3.97. The minimum absolute atomic E-state index is 0.0981. The quantitative estimate of drug-likeness (QED) is 0.735. The Morgan fingerprint density at radius 3 is 2.84 bits per heavy atom. The number of anilines is 1. The van der Waals surface area contributed by atoms with Gasteiger partial charge in [-0.25, -0.2) is 4.98 Å². The minimum Gasteiger partial charge on any atom is -0.364 e. The molecule has 2 amide bonds. The third kappa shape index (κ3) is 3.84. The molecule has 0 bridgehead atoms. The van der Waals surface area contributed by atoms with E-state index in [1.165, 1.54) is 11.3 Å². The molecule has 130 valence electrons. The van der Waals surface area contributed by atoms with Crippen LogP contribution >= 0.6 is 11.3 Å². The zero-order valence-electron chi connectivity index (χ0n) is 13.3. The summed E-state index contributed by atoms with van der Waals surface area (Å²) in [4.78, 5) is 32.7. The van der Waals surface area contributed by atoms with E-state index in [0.29, 0.717) is 41.5 Å². The van der Waals surface area contributed by atoms with Crippen molar-refractivity contribution in [3.05, 3.63) is 29.3 Å². The number of nitrogens with zero attached hydrogens (tertiary/aromatic N) is 2. The number of rotatable bonds is 5. The average Bonchev–Trinajstić information content (AvgIpc) is 3.11. The van der Waals surface area contributed by atoms with E-state index in [1.807, 2.05) is 5.38 Å². The van der Waals surface area contributed by atoms with Crippen molar-refractivity contribution < 1.29 is 14.3 Å². The lowest BCUT2D eigenvalue weighted by atomic mass is 10.2. The number of nitrogens with one attached hydrogen (secondary N) is 3. The molecule has 2 aliphatic rings. The van der Waals surface area contributed by atoms with Crippen molar-refractivity contribution >= 4 is 28.3 Å². The molecule has 0 aromatic carbocycles. The number of hydrogen-bond acceptors (Lipinski definition) is 7. The highest BCUT2D eigenvalue weighted by Crippen LogP contribution is 2.24. The fourth-order valence-electron chi connectivity index (χ4n) is 2.38. The van der Waals surface area contributed by atoms with E-state index in [2.05, 4.69) is 25.9 Å². The van der Waals surface area contributed by atoms with Crippen molar-refractivity contribution in [2.75, 3.05) is 18.7 Å². The summed E-state index contributed by atoms with van der Waals surface area (Å²) >= 11 is 1.33. The molecule has 8 nitrogen and oxygen atoms in total. The fraction of sp³-hybridized carbons (Fsp3) is 0.375. The van der Waals surface area contributed by atoms with E-state index in [4.69, 9.17) is 4.74 Å². The maximum atomic E-state index is 12.0. The summed E-state index contributed by atoms with van der Waals surface area (Å²) in [6.07, 6.45) is 3.64. The normalized spacial score (nSPS) is 19.6. The van der Waals surface area contributed by atoms with Gasteiger partial charge in [0.05, 0.1) is 24.6 Å². The zero-order valence-corrected chi connectivity index (χ0v) is 14.1. The van der Waals surface area contributed by atoms with Gasteiger partial charge in [-0.15, -0.1) is 11.3 Å². The summed E-state index contributed by atoms with van der Waals surface area (Å²) in [5.74, 6) is -0.266. The predicted octanol–water partition coefficient (Wildman–Crippen LogP) is 0.982. The first-order valence-corrected chi connectivity index (χ1v) is 8.92. The highest BCUT2D eigenvalue weighted by atomic mass is 32.1. The number of aromatic nitrogens is 2. The van der Waals surface area contributed by atoms with Crippen LogP contribution in [0.3, 0.4) is 0 Å². The van der Waals surface area contributed by atoms with Gasteiger partial charge in [-0.1, -0.05) is 0 Å². The first-order chi connectivity index (χ1) is 12.2. The van der Waals surface area contributed by atoms with E-state index >= 15 is 0 Å². The summed E-state index contributed by atoms with van der Waals surface area (Å²) in [6.45, 7) is 0.738. The fourth-order valence-corrected chi connectivity index (χ4v) is 3.09. The van der Waals surface area contributed by atoms with Gasteiger partial charge in [0.25, 0.3) is 5.91 Å². The molecule has 0 spiro atoms. The van der Waals surface area contributed by atoms with Crippen LogP contribution in [0.2, 0.25) is 0 Å². The lowest BCUT2D eigenvalue weighted by molar-refractivity contribution is -0.117. The average molecular weight is 359 g/mol. The first kappa shape index (κ1) is 16.1. The lowest BCUT2D eigenvalue weighted by Gasteiger charge is -2.06. The van der Waals surface area contributed by atoms with Gasteiger partial charge in [-0.3, -0.25) is 19.9 Å². The molecule has 3 N–H and O–H groups in total. The van der Waals surface area contributed by atoms with Crippen molar-refractivity contribution in [3.63, 3.8) is 0 Å². The van der Waals surface area contributed by atoms with Crippen LogP contribution in [-0.2, 0) is 9.53 Å². The second-order valence-electron chi connectivity index (χ2n) is 5.98. The molecule has 1 saturated heterocycles. The van der Waals surface area contributed by atoms with E-state index in [0.717, 1.165) is 12.8 Å². The molecule has 0 unspecified atom stereocenters. The molecule has 3 heterocycles. The number of carbonyl (C=O) groups excluding carboxylic acids is 2. The van der Waals surface area contributed by atoms with Gasteiger partial charge in [0, 0.05) is 17.6 Å². The van der Waals surface area contributed by atoms with E-state index in [1.54, 1.807) is 18.3 Å². The molecule has 2 aromatic heterocycles. The standard InChI is InChI=1S/C16H17N5O3S/c22-14(19-10-2-3-10)9-1-4-11(17-5-9)13-7-25-16(20-13)21-15(23)12-6-24-8-18-12/h1,4-5,7,10,12,18H,2-3,6,8H2,(H,19,22)(H,20,21,23)/t12-/m0/s1. The van der Waals surface area contributed by atoms with Gasteiger partial charge < -0.3 is 15.4 Å². The molecule has 9 heteroatoms. The molecule has 2 aromatic rings. The van der Waals surface area contributed by atoms with Crippen LogP contribution in [0.5, 0.6) is 0 Å². The largest absolute Gasteiger partial charge is 0.364 e. The van der Waals surface area contributed by atoms with Crippen LogP contribution in [0.4, 0.5) is 5.13 Å². The number of amides is 2. The highest BCUT2D eigenvalue weighted by Gasteiger charge is 2.24. The molecule has 1 aliphatic heterocycles. The molecule has 1 atom stereocenters. The molecule has 25 heavy (non-hydrogen) atoms. The third-order valence-corrected chi connectivity index (χ3v) is 4.73. The summed E-state index contributed by atoms with van der Waals surface area (Å²) in [5, 5.41) is 11.0. The topological polar surface area (TPSA) is 105 Å². The van der Waals surface area contributed by atoms with Gasteiger partial charge in [-0.05, 0) is 25.0 Å². The second kappa shape index (κ2) is 6.87. The van der Waals surface area contributed by atoms with Gasteiger partial charge in [-0.2, -0.15) is 0 Å². The molecular weight excluding hydrogens is 342 g/mol. The Balaban J connectivity index is 1.40. The second-order valence-corrected chi connectivity index (χ2v) is 6.84. The SMILES string of the molecule is O=C(NC1CC1)c1ccc(-c2csc(NC(=O)[C@@H]3COCN3)n2)nc1. The maximum Gasteiger partial charge on any atom is 0.253 e. The smallest absolute Gasteiger partial charge is 0.253 e. The van der Waals surface area contributed by atoms with Crippen molar-refractivity contribution in [1.82, 2.24) is 20.6 Å². The molecule has 1 aliphatic carbocycles. The Hall–Kier alpha value is -2.36. The van der Waals surface area contributed by atoms with Crippen molar-refractivity contribution in [2.24, 2.45) is 0 Å². The lowest BCUT2D eigenvalue weighted by Crippen LogP contribution is -2.37. The van der Waals surface area contributed by atoms with E-state index < -0.39 is 0 Å². The van der Waals surface area contributed by atoms with Crippen LogP contribution in [0.1, 0.15) is 23.2 Å². The van der Waals surface area contributed by atoms with Gasteiger partial charge in [0.2, 0.25) is 5.91 Å². The molecular formula is C16H17N5O3S. The molecule has 4 rings (SSSR count). The monoisotopic (exact) mass is 359 g/mol. The Bertz CT molecular complexity index is 781. The Morgan fingerprint density at radius 2 is 2.16 bits per heavy atom. The van der Waals surface area contributed by atoms with Gasteiger partial charge in [0.1, 0.15) is 11.7 Å². The van der Waals surface area contributed by atoms with Crippen molar-refractivity contribution in [1.29, 1.82) is 0 Å². The van der Waals surface area contributed by atoms with E-state index in [-0.39, 0.29) is 17.9 Å². The maximum absolute atomic E-state index is 12.0. The first-order valence-electron chi connectivity index (χ1n) is 8.04. The van der Waals surface area contributed by atoms with Crippen LogP contribution in [0.25, 0.3) is 11.4 Å². The number of ether oxygens (including phenoxy) is 1. The van der Waals surface area contributed by atoms with Crippen LogP contribution in [0.15, 0.2) is 23.7 Å².